The third-order valence-electron chi connectivity index (χ3n) is 5.46. The first-order valence-electron chi connectivity index (χ1n) is 10.1. The molecule has 0 saturated carbocycles. The highest BCUT2D eigenvalue weighted by Crippen LogP contribution is 2.29. The number of nitrogens with zero attached hydrogens (tertiary/aromatic N) is 3. The van der Waals surface area contributed by atoms with E-state index in [4.69, 9.17) is 4.98 Å². The minimum atomic E-state index is -0.0122. The summed E-state index contributed by atoms with van der Waals surface area (Å²) in [6.45, 7) is 16.4. The van der Waals surface area contributed by atoms with E-state index in [2.05, 4.69) is 27.7 Å². The lowest BCUT2D eigenvalue weighted by Crippen LogP contribution is -2.45. The molecule has 0 aliphatic carbocycles. The van der Waals surface area contributed by atoms with Crippen molar-refractivity contribution in [1.82, 2.24) is 14.5 Å². The maximum Gasteiger partial charge on any atom is 0.263 e. The van der Waals surface area contributed by atoms with Crippen LogP contribution in [-0.2, 0) is 4.79 Å². The molecule has 5 nitrogen and oxygen atoms in total. The number of thioether (sulfide) groups is 1. The van der Waals surface area contributed by atoms with Crippen LogP contribution < -0.4 is 5.56 Å². The van der Waals surface area contributed by atoms with Crippen LogP contribution in [0.2, 0.25) is 0 Å². The topological polar surface area (TPSA) is 55.2 Å². The Balaban J connectivity index is 2.39. The fourth-order valence-electron chi connectivity index (χ4n) is 3.37. The Morgan fingerprint density at radius 1 is 1.14 bits per heavy atom. The zero-order valence-electron chi connectivity index (χ0n) is 18.3. The van der Waals surface area contributed by atoms with E-state index >= 15 is 0 Å². The molecule has 2 heterocycles. The number of aryl methyl sites for hydroxylation is 2. The van der Waals surface area contributed by atoms with Gasteiger partial charge in [0.1, 0.15) is 4.83 Å². The minimum absolute atomic E-state index is 0.00231. The smallest absolute Gasteiger partial charge is 0.263 e. The molecule has 7 heteroatoms. The molecular formula is C21H33N3O2S2. The van der Waals surface area contributed by atoms with E-state index in [-0.39, 0.29) is 29.6 Å². The van der Waals surface area contributed by atoms with Crippen LogP contribution in [0.25, 0.3) is 10.2 Å². The number of aromatic nitrogens is 2. The molecule has 0 saturated heterocycles. The lowest BCUT2D eigenvalue weighted by atomic mass is 10.1. The average molecular weight is 424 g/mol. The monoisotopic (exact) mass is 423 g/mol. The van der Waals surface area contributed by atoms with E-state index in [1.807, 2.05) is 32.6 Å². The van der Waals surface area contributed by atoms with Gasteiger partial charge in [-0.1, -0.05) is 25.6 Å². The number of fused-ring (bicyclic) bond motifs is 1. The quantitative estimate of drug-likeness (QED) is 0.434. The Morgan fingerprint density at radius 3 is 2.21 bits per heavy atom. The molecule has 0 aliphatic heterocycles. The molecule has 2 aromatic heterocycles. The van der Waals surface area contributed by atoms with Crippen molar-refractivity contribution in [2.75, 3.05) is 5.75 Å². The molecule has 1 amide bonds. The molecule has 0 bridgehead atoms. The van der Waals surface area contributed by atoms with Gasteiger partial charge in [-0.15, -0.1) is 11.3 Å². The van der Waals surface area contributed by atoms with Crippen molar-refractivity contribution in [3.8, 4) is 0 Å². The van der Waals surface area contributed by atoms with Crippen LogP contribution in [0, 0.1) is 13.8 Å². The van der Waals surface area contributed by atoms with Gasteiger partial charge in [-0.2, -0.15) is 0 Å². The van der Waals surface area contributed by atoms with Crippen LogP contribution in [0.15, 0.2) is 9.95 Å². The van der Waals surface area contributed by atoms with Crippen molar-refractivity contribution >= 4 is 39.2 Å². The number of carbonyl (C=O) groups is 1. The van der Waals surface area contributed by atoms with Crippen molar-refractivity contribution in [3.05, 3.63) is 20.8 Å². The molecule has 2 aromatic rings. The van der Waals surface area contributed by atoms with Gasteiger partial charge in [-0.3, -0.25) is 14.2 Å². The highest BCUT2D eigenvalue weighted by molar-refractivity contribution is 7.99. The van der Waals surface area contributed by atoms with E-state index in [1.165, 1.54) is 11.8 Å². The van der Waals surface area contributed by atoms with Gasteiger partial charge in [-0.05, 0) is 59.9 Å². The highest BCUT2D eigenvalue weighted by Gasteiger charge is 2.25. The molecule has 2 atom stereocenters. The number of amides is 1. The molecule has 28 heavy (non-hydrogen) atoms. The Hall–Kier alpha value is -1.34. The van der Waals surface area contributed by atoms with Crippen molar-refractivity contribution in [2.45, 2.75) is 91.5 Å². The maximum atomic E-state index is 13.1. The van der Waals surface area contributed by atoms with Crippen LogP contribution >= 0.6 is 23.1 Å². The number of hydrogen-bond acceptors (Lipinski definition) is 5. The van der Waals surface area contributed by atoms with E-state index in [0.29, 0.717) is 16.3 Å². The van der Waals surface area contributed by atoms with Gasteiger partial charge in [0.2, 0.25) is 5.91 Å². The molecule has 0 fully saturated rings. The van der Waals surface area contributed by atoms with Crippen LogP contribution in [0.1, 0.15) is 70.9 Å². The molecule has 2 rings (SSSR count). The SMILES string of the molecule is CC[C@H](C)N(C(=O)CSc1nc2sc(C)c(C)c2c(=O)n1C(C)C)[C@@H](C)CC. The Kier molecular flexibility index (Phi) is 7.73. The van der Waals surface area contributed by atoms with Gasteiger partial charge in [0, 0.05) is 23.0 Å². The number of thiophene rings is 1. The summed E-state index contributed by atoms with van der Waals surface area (Å²) in [4.78, 5) is 34.8. The van der Waals surface area contributed by atoms with Crippen LogP contribution in [-0.4, -0.2) is 38.2 Å². The van der Waals surface area contributed by atoms with Gasteiger partial charge in [-0.25, -0.2) is 4.98 Å². The average Bonchev–Trinajstić information content (AvgIpc) is 2.93. The molecule has 0 radical (unpaired) electrons. The molecular weight excluding hydrogens is 390 g/mol. The summed E-state index contributed by atoms with van der Waals surface area (Å²) in [6.07, 6.45) is 1.85. The Morgan fingerprint density at radius 2 is 1.71 bits per heavy atom. The summed E-state index contributed by atoms with van der Waals surface area (Å²) >= 11 is 2.93. The van der Waals surface area contributed by atoms with Crippen molar-refractivity contribution in [2.24, 2.45) is 0 Å². The van der Waals surface area contributed by atoms with Crippen molar-refractivity contribution in [3.63, 3.8) is 0 Å². The lowest BCUT2D eigenvalue weighted by Gasteiger charge is -2.34. The van der Waals surface area contributed by atoms with Crippen molar-refractivity contribution < 1.29 is 4.79 Å². The molecule has 0 aliphatic rings. The van der Waals surface area contributed by atoms with E-state index in [1.54, 1.807) is 15.9 Å². The molecule has 156 valence electrons. The fraction of sp³-hybridized carbons (Fsp3) is 0.667. The van der Waals surface area contributed by atoms with Gasteiger partial charge in [0.25, 0.3) is 5.56 Å². The first-order valence-corrected chi connectivity index (χ1v) is 11.9. The second-order valence-corrected chi connectivity index (χ2v) is 9.88. The summed E-state index contributed by atoms with van der Waals surface area (Å²) < 4.78 is 1.73. The maximum absolute atomic E-state index is 13.1. The van der Waals surface area contributed by atoms with Crippen LogP contribution in [0.3, 0.4) is 0 Å². The minimum Gasteiger partial charge on any atom is -0.337 e. The number of carbonyl (C=O) groups excluding carboxylic acids is 1. The second-order valence-electron chi connectivity index (χ2n) is 7.73. The van der Waals surface area contributed by atoms with Gasteiger partial charge < -0.3 is 4.90 Å². The predicted molar refractivity (Wildman–Crippen MR) is 121 cm³/mol. The number of rotatable bonds is 8. The lowest BCUT2D eigenvalue weighted by molar-refractivity contribution is -0.132. The first-order chi connectivity index (χ1) is 13.1. The second kappa shape index (κ2) is 9.44. The molecule has 0 unspecified atom stereocenters. The third-order valence-corrected chi connectivity index (χ3v) is 7.50. The summed E-state index contributed by atoms with van der Waals surface area (Å²) in [6, 6.07) is 0.392. The third kappa shape index (κ3) is 4.46. The molecule has 0 aromatic carbocycles. The number of hydrogen-bond donors (Lipinski definition) is 0. The van der Waals surface area contributed by atoms with Crippen molar-refractivity contribution in [1.29, 1.82) is 0 Å². The zero-order valence-corrected chi connectivity index (χ0v) is 20.0. The summed E-state index contributed by atoms with van der Waals surface area (Å²) in [5.74, 6) is 0.403. The van der Waals surface area contributed by atoms with Gasteiger partial charge >= 0.3 is 0 Å². The Labute approximate surface area is 176 Å². The molecule has 0 spiro atoms. The summed E-state index contributed by atoms with van der Waals surface area (Å²) in [5, 5.41) is 1.35. The zero-order chi connectivity index (χ0) is 21.2. The largest absolute Gasteiger partial charge is 0.337 e. The standard InChI is InChI=1S/C21H33N3O2S2/c1-9-13(5)24(14(6)10-2)17(25)11-27-21-22-19-18(15(7)16(8)28-19)20(26)23(21)12(3)4/h12-14H,9-11H2,1-8H3/t13-,14-/m0/s1. The van der Waals surface area contributed by atoms with Gasteiger partial charge in [0.05, 0.1) is 11.1 Å². The van der Waals surface area contributed by atoms with Crippen LogP contribution in [0.5, 0.6) is 0 Å². The Bertz CT molecular complexity index is 891. The highest BCUT2D eigenvalue weighted by atomic mass is 32.2. The van der Waals surface area contributed by atoms with E-state index < -0.39 is 0 Å². The van der Waals surface area contributed by atoms with Gasteiger partial charge in [0.15, 0.2) is 5.16 Å². The predicted octanol–water partition coefficient (Wildman–Crippen LogP) is 5.17. The normalized spacial score (nSPS) is 13.9. The van der Waals surface area contributed by atoms with E-state index in [0.717, 1.165) is 28.1 Å². The summed E-state index contributed by atoms with van der Waals surface area (Å²) in [5.41, 5.74) is 1.01. The first kappa shape index (κ1) is 22.9. The van der Waals surface area contributed by atoms with E-state index in [9.17, 15) is 9.59 Å². The summed E-state index contributed by atoms with van der Waals surface area (Å²) in [7, 11) is 0. The van der Waals surface area contributed by atoms with Crippen LogP contribution in [0.4, 0.5) is 0 Å². The molecule has 0 N–H and O–H groups in total. The fourth-order valence-corrected chi connectivity index (χ4v) is 5.43.